The zero-order valence-electron chi connectivity index (χ0n) is 10.5. The molecule has 0 aromatic rings. The predicted octanol–water partition coefficient (Wildman–Crippen LogP) is 1.80. The molecule has 0 aromatic heterocycles. The molecule has 0 rings (SSSR count). The van der Waals surface area contributed by atoms with Gasteiger partial charge >= 0.3 is 0 Å². The van der Waals surface area contributed by atoms with Crippen LogP contribution in [0.4, 0.5) is 0 Å². The average molecular weight is 212 g/mol. The number of allylic oxidation sites excluding steroid dienone is 1. The molecule has 1 N–H and O–H groups in total. The Balaban J connectivity index is 4.11. The lowest BCUT2D eigenvalue weighted by Gasteiger charge is -2.30. The van der Waals surface area contributed by atoms with E-state index in [1.807, 2.05) is 33.9 Å². The molecule has 0 fully saturated rings. The van der Waals surface area contributed by atoms with Crippen LogP contribution in [0, 0.1) is 0 Å². The van der Waals surface area contributed by atoms with E-state index in [1.54, 1.807) is 4.90 Å². The third-order valence-electron chi connectivity index (χ3n) is 2.40. The van der Waals surface area contributed by atoms with Crippen molar-refractivity contribution in [3.8, 4) is 0 Å². The molecular formula is C12H24N2O. The number of rotatable bonds is 7. The first kappa shape index (κ1) is 14.2. The van der Waals surface area contributed by atoms with Gasteiger partial charge in [-0.2, -0.15) is 0 Å². The molecule has 0 aliphatic heterocycles. The predicted molar refractivity (Wildman–Crippen MR) is 64.8 cm³/mol. The second-order valence-corrected chi connectivity index (χ2v) is 4.31. The number of nitrogens with zero attached hydrogens (tertiary/aromatic N) is 1. The second-order valence-electron chi connectivity index (χ2n) is 4.31. The van der Waals surface area contributed by atoms with Crippen molar-refractivity contribution in [1.82, 2.24) is 10.2 Å². The summed E-state index contributed by atoms with van der Waals surface area (Å²) in [6, 6.07) is 0. The van der Waals surface area contributed by atoms with Crippen LogP contribution in [0.5, 0.6) is 0 Å². The highest BCUT2D eigenvalue weighted by Gasteiger charge is 2.28. The number of hydrogen-bond donors (Lipinski definition) is 1. The van der Waals surface area contributed by atoms with Gasteiger partial charge in [0.25, 0.3) is 0 Å². The fraction of sp³-hybridized carbons (Fsp3) is 0.750. The zero-order chi connectivity index (χ0) is 11.9. The maximum absolute atomic E-state index is 12.0. The van der Waals surface area contributed by atoms with Crippen LogP contribution in [0.2, 0.25) is 0 Å². The standard InChI is InChI=1S/C12H24N2O/c1-6-8-9-10-14(5)11(15)12(3,4)13-7-2/h6,13H,1,7-10H2,2-5H3. The molecule has 0 spiro atoms. The molecule has 0 aromatic carbocycles. The summed E-state index contributed by atoms with van der Waals surface area (Å²) in [5.41, 5.74) is -0.461. The lowest BCUT2D eigenvalue weighted by Crippen LogP contribution is -2.53. The molecular weight excluding hydrogens is 188 g/mol. The molecule has 0 unspecified atom stereocenters. The van der Waals surface area contributed by atoms with Gasteiger partial charge in [0, 0.05) is 13.6 Å². The third-order valence-corrected chi connectivity index (χ3v) is 2.40. The Morgan fingerprint density at radius 1 is 1.53 bits per heavy atom. The molecule has 0 aliphatic rings. The van der Waals surface area contributed by atoms with E-state index in [2.05, 4.69) is 11.9 Å². The summed E-state index contributed by atoms with van der Waals surface area (Å²) in [5, 5.41) is 3.18. The van der Waals surface area contributed by atoms with Crippen LogP contribution >= 0.6 is 0 Å². The van der Waals surface area contributed by atoms with Gasteiger partial charge in [0.2, 0.25) is 5.91 Å². The third kappa shape index (κ3) is 4.98. The minimum absolute atomic E-state index is 0.147. The smallest absolute Gasteiger partial charge is 0.242 e. The van der Waals surface area contributed by atoms with Crippen molar-refractivity contribution in [1.29, 1.82) is 0 Å². The van der Waals surface area contributed by atoms with E-state index in [9.17, 15) is 4.79 Å². The molecule has 15 heavy (non-hydrogen) atoms. The van der Waals surface area contributed by atoms with Crippen LogP contribution in [-0.4, -0.2) is 36.5 Å². The van der Waals surface area contributed by atoms with Gasteiger partial charge in [-0.25, -0.2) is 0 Å². The first-order valence-electron chi connectivity index (χ1n) is 5.57. The number of likely N-dealkylation sites (N-methyl/N-ethyl adjacent to an activating group) is 2. The summed E-state index contributed by atoms with van der Waals surface area (Å²) < 4.78 is 0. The Labute approximate surface area is 93.5 Å². The molecule has 0 heterocycles. The van der Waals surface area contributed by atoms with Crippen molar-refractivity contribution in [2.24, 2.45) is 0 Å². The number of nitrogens with one attached hydrogen (secondary N) is 1. The summed E-state index contributed by atoms with van der Waals surface area (Å²) in [6.07, 6.45) is 3.82. The lowest BCUT2D eigenvalue weighted by atomic mass is 10.0. The van der Waals surface area contributed by atoms with Gasteiger partial charge in [-0.1, -0.05) is 13.0 Å². The summed E-state index contributed by atoms with van der Waals surface area (Å²) >= 11 is 0. The molecule has 88 valence electrons. The Morgan fingerprint density at radius 2 is 2.13 bits per heavy atom. The normalized spacial score (nSPS) is 11.2. The molecule has 0 atom stereocenters. The van der Waals surface area contributed by atoms with Gasteiger partial charge in [0.05, 0.1) is 5.54 Å². The molecule has 1 amide bonds. The number of carbonyl (C=O) groups is 1. The molecule has 0 aliphatic carbocycles. The van der Waals surface area contributed by atoms with Crippen molar-refractivity contribution >= 4 is 5.91 Å². The van der Waals surface area contributed by atoms with E-state index < -0.39 is 5.54 Å². The molecule has 0 bridgehead atoms. The SMILES string of the molecule is C=CCCCN(C)C(=O)C(C)(C)NCC. The van der Waals surface area contributed by atoms with Crippen molar-refractivity contribution in [3.63, 3.8) is 0 Å². The molecule has 0 saturated heterocycles. The quantitative estimate of drug-likeness (QED) is 0.515. The van der Waals surface area contributed by atoms with Crippen LogP contribution in [0.1, 0.15) is 33.6 Å². The molecule has 3 heteroatoms. The summed E-state index contributed by atoms with van der Waals surface area (Å²) in [4.78, 5) is 13.8. The number of unbranched alkanes of at least 4 members (excludes halogenated alkanes) is 1. The van der Waals surface area contributed by atoms with Crippen molar-refractivity contribution < 1.29 is 4.79 Å². The maximum Gasteiger partial charge on any atom is 0.242 e. The van der Waals surface area contributed by atoms with Gasteiger partial charge in [0.15, 0.2) is 0 Å². The van der Waals surface area contributed by atoms with Crippen molar-refractivity contribution in [2.75, 3.05) is 20.1 Å². The average Bonchev–Trinajstić information content (AvgIpc) is 2.16. The Kier molecular flexibility index (Phi) is 6.25. The van der Waals surface area contributed by atoms with Gasteiger partial charge in [-0.15, -0.1) is 6.58 Å². The number of carbonyl (C=O) groups excluding carboxylic acids is 1. The van der Waals surface area contributed by atoms with Gasteiger partial charge in [0.1, 0.15) is 0 Å². The zero-order valence-corrected chi connectivity index (χ0v) is 10.5. The fourth-order valence-electron chi connectivity index (χ4n) is 1.57. The van der Waals surface area contributed by atoms with E-state index in [4.69, 9.17) is 0 Å². The highest BCUT2D eigenvalue weighted by molar-refractivity contribution is 5.85. The highest BCUT2D eigenvalue weighted by Crippen LogP contribution is 2.07. The van der Waals surface area contributed by atoms with E-state index in [1.165, 1.54) is 0 Å². The van der Waals surface area contributed by atoms with Crippen LogP contribution in [0.3, 0.4) is 0 Å². The van der Waals surface area contributed by atoms with Crippen LogP contribution in [-0.2, 0) is 4.79 Å². The fourth-order valence-corrected chi connectivity index (χ4v) is 1.57. The topological polar surface area (TPSA) is 32.3 Å². The summed E-state index contributed by atoms with van der Waals surface area (Å²) in [6.45, 7) is 11.1. The molecule has 3 nitrogen and oxygen atoms in total. The maximum atomic E-state index is 12.0. The molecule has 0 radical (unpaired) electrons. The minimum atomic E-state index is -0.461. The van der Waals surface area contributed by atoms with Gasteiger partial charge in [-0.3, -0.25) is 4.79 Å². The van der Waals surface area contributed by atoms with E-state index in [0.717, 1.165) is 25.9 Å². The number of amides is 1. The van der Waals surface area contributed by atoms with Crippen molar-refractivity contribution in [2.45, 2.75) is 39.2 Å². The lowest BCUT2D eigenvalue weighted by molar-refractivity contribution is -0.135. The first-order valence-corrected chi connectivity index (χ1v) is 5.57. The monoisotopic (exact) mass is 212 g/mol. The Bertz CT molecular complexity index is 212. The van der Waals surface area contributed by atoms with E-state index >= 15 is 0 Å². The Morgan fingerprint density at radius 3 is 2.60 bits per heavy atom. The van der Waals surface area contributed by atoms with E-state index in [0.29, 0.717) is 0 Å². The second kappa shape index (κ2) is 6.62. The van der Waals surface area contributed by atoms with Crippen LogP contribution < -0.4 is 5.32 Å². The Hall–Kier alpha value is -0.830. The minimum Gasteiger partial charge on any atom is -0.344 e. The van der Waals surface area contributed by atoms with Gasteiger partial charge in [-0.05, 0) is 33.2 Å². The molecule has 0 saturated carbocycles. The summed E-state index contributed by atoms with van der Waals surface area (Å²) in [5.74, 6) is 0.147. The highest BCUT2D eigenvalue weighted by atomic mass is 16.2. The summed E-state index contributed by atoms with van der Waals surface area (Å²) in [7, 11) is 1.85. The first-order chi connectivity index (χ1) is 6.95. The van der Waals surface area contributed by atoms with Crippen LogP contribution in [0.25, 0.3) is 0 Å². The number of hydrogen-bond acceptors (Lipinski definition) is 2. The van der Waals surface area contributed by atoms with E-state index in [-0.39, 0.29) is 5.91 Å². The largest absolute Gasteiger partial charge is 0.344 e. The van der Waals surface area contributed by atoms with Gasteiger partial charge < -0.3 is 10.2 Å². The van der Waals surface area contributed by atoms with Crippen LogP contribution in [0.15, 0.2) is 12.7 Å². The van der Waals surface area contributed by atoms with Crippen molar-refractivity contribution in [3.05, 3.63) is 12.7 Å².